The number of benzene rings is 1. The van der Waals surface area contributed by atoms with E-state index in [0.717, 1.165) is 30.5 Å². The lowest BCUT2D eigenvalue weighted by molar-refractivity contribution is 0.0952. The maximum atomic E-state index is 12.4. The Kier molecular flexibility index (Phi) is 3.15. The summed E-state index contributed by atoms with van der Waals surface area (Å²) in [6.07, 6.45) is 4.11. The number of carbonyl (C=O) groups is 1. The van der Waals surface area contributed by atoms with Crippen molar-refractivity contribution in [1.82, 2.24) is 10.3 Å². The molecule has 1 aromatic heterocycles. The number of H-pyrrole nitrogens is 1. The number of rotatable bonds is 3. The highest BCUT2D eigenvalue weighted by atomic mass is 16.1. The predicted molar refractivity (Wildman–Crippen MR) is 77.7 cm³/mol. The van der Waals surface area contributed by atoms with E-state index in [-0.39, 0.29) is 11.8 Å². The molecule has 19 heavy (non-hydrogen) atoms. The minimum Gasteiger partial charge on any atom is -0.361 e. The molecule has 3 rings (SSSR count). The van der Waals surface area contributed by atoms with Crippen LogP contribution in [0.15, 0.2) is 24.4 Å². The number of fused-ring (bicyclic) bond motifs is 1. The molecule has 1 aliphatic heterocycles. The van der Waals surface area contributed by atoms with Gasteiger partial charge in [-0.05, 0) is 49.1 Å². The second-order valence-electron chi connectivity index (χ2n) is 5.67. The van der Waals surface area contributed by atoms with Crippen LogP contribution in [0.5, 0.6) is 0 Å². The molecule has 2 N–H and O–H groups in total. The number of nitrogens with one attached hydrogen (secondary N) is 2. The van der Waals surface area contributed by atoms with Gasteiger partial charge in [0.2, 0.25) is 0 Å². The topological polar surface area (TPSA) is 44.9 Å². The smallest absolute Gasteiger partial charge is 0.179 e. The van der Waals surface area contributed by atoms with Crippen molar-refractivity contribution in [3.63, 3.8) is 0 Å². The van der Waals surface area contributed by atoms with Gasteiger partial charge in [0.15, 0.2) is 5.78 Å². The lowest BCUT2D eigenvalue weighted by Crippen LogP contribution is -2.30. The minimum atomic E-state index is 0.0129. The van der Waals surface area contributed by atoms with Gasteiger partial charge in [-0.25, -0.2) is 0 Å². The monoisotopic (exact) mass is 256 g/mol. The zero-order chi connectivity index (χ0) is 13.4. The second kappa shape index (κ2) is 4.82. The van der Waals surface area contributed by atoms with E-state index >= 15 is 0 Å². The van der Waals surface area contributed by atoms with E-state index in [0.29, 0.717) is 5.92 Å². The van der Waals surface area contributed by atoms with E-state index in [1.165, 1.54) is 10.9 Å². The highest BCUT2D eigenvalue weighted by molar-refractivity contribution is 6.03. The van der Waals surface area contributed by atoms with E-state index in [1.807, 2.05) is 18.2 Å². The van der Waals surface area contributed by atoms with E-state index in [4.69, 9.17) is 0 Å². The minimum absolute atomic E-state index is 0.0129. The van der Waals surface area contributed by atoms with Crippen molar-refractivity contribution >= 4 is 16.7 Å². The van der Waals surface area contributed by atoms with Gasteiger partial charge in [-0.15, -0.1) is 0 Å². The molecule has 0 saturated carbocycles. The van der Waals surface area contributed by atoms with E-state index in [9.17, 15) is 4.79 Å². The highest BCUT2D eigenvalue weighted by Crippen LogP contribution is 2.26. The molecule has 3 heteroatoms. The Morgan fingerprint density at radius 1 is 1.37 bits per heavy atom. The summed E-state index contributed by atoms with van der Waals surface area (Å²) in [5.74, 6) is 0.694. The molecule has 1 atom stereocenters. The van der Waals surface area contributed by atoms with Crippen LogP contribution < -0.4 is 5.32 Å². The van der Waals surface area contributed by atoms with Crippen LogP contribution in [-0.2, 0) is 0 Å². The summed E-state index contributed by atoms with van der Waals surface area (Å²) in [4.78, 5) is 15.7. The Bertz CT molecular complexity index is 606. The van der Waals surface area contributed by atoms with E-state index in [1.54, 1.807) is 0 Å². The molecule has 1 unspecified atom stereocenters. The van der Waals surface area contributed by atoms with Gasteiger partial charge in [0.05, 0.1) is 6.04 Å². The lowest BCUT2D eigenvalue weighted by atomic mass is 9.97. The molecule has 2 heterocycles. The number of hydrogen-bond donors (Lipinski definition) is 2. The van der Waals surface area contributed by atoms with Crippen LogP contribution in [0.1, 0.15) is 48.5 Å². The zero-order valence-electron chi connectivity index (χ0n) is 11.5. The summed E-state index contributed by atoms with van der Waals surface area (Å²) in [6, 6.07) is 6.01. The molecule has 0 amide bonds. The summed E-state index contributed by atoms with van der Waals surface area (Å²) in [7, 11) is 0. The van der Waals surface area contributed by atoms with Crippen LogP contribution >= 0.6 is 0 Å². The van der Waals surface area contributed by atoms with Crippen molar-refractivity contribution in [3.8, 4) is 0 Å². The van der Waals surface area contributed by atoms with Crippen molar-refractivity contribution in [1.29, 1.82) is 0 Å². The molecule has 1 fully saturated rings. The highest BCUT2D eigenvalue weighted by Gasteiger charge is 2.23. The Morgan fingerprint density at radius 2 is 2.21 bits per heavy atom. The summed E-state index contributed by atoms with van der Waals surface area (Å²) in [5.41, 5.74) is 3.22. The van der Waals surface area contributed by atoms with Gasteiger partial charge < -0.3 is 10.3 Å². The molecule has 1 saturated heterocycles. The number of carbonyl (C=O) groups excluding carboxylic acids is 1. The number of hydrogen-bond acceptors (Lipinski definition) is 2. The number of Topliss-reactive ketones (excluding diaryl/α,β-unsaturated/α-hetero) is 1. The third kappa shape index (κ3) is 2.19. The summed E-state index contributed by atoms with van der Waals surface area (Å²) in [5, 5.41) is 4.46. The molecular weight excluding hydrogens is 236 g/mol. The Hall–Kier alpha value is -1.61. The Labute approximate surface area is 113 Å². The van der Waals surface area contributed by atoms with Gasteiger partial charge in [0.1, 0.15) is 0 Å². The first-order valence-corrected chi connectivity index (χ1v) is 7.05. The van der Waals surface area contributed by atoms with Gasteiger partial charge in [0.25, 0.3) is 0 Å². The molecule has 0 aliphatic carbocycles. The molecule has 0 bridgehead atoms. The number of aromatic amines is 1. The summed E-state index contributed by atoms with van der Waals surface area (Å²) >= 11 is 0. The zero-order valence-corrected chi connectivity index (χ0v) is 11.5. The molecular formula is C16H20N2O. The molecule has 3 nitrogen and oxygen atoms in total. The Morgan fingerprint density at radius 3 is 2.89 bits per heavy atom. The van der Waals surface area contributed by atoms with Gasteiger partial charge in [-0.1, -0.05) is 13.8 Å². The largest absolute Gasteiger partial charge is 0.361 e. The normalized spacial score (nSPS) is 19.4. The fraction of sp³-hybridized carbons (Fsp3) is 0.438. The van der Waals surface area contributed by atoms with Gasteiger partial charge in [0, 0.05) is 22.7 Å². The molecule has 0 spiro atoms. The van der Waals surface area contributed by atoms with Crippen LogP contribution in [0, 0.1) is 0 Å². The standard InChI is InChI=1S/C16H20N2O/c1-10(2)13-9-18-14-6-5-11(8-12(13)14)16(19)15-4-3-7-17-15/h5-6,8-10,15,17-18H,3-4,7H2,1-2H3. The van der Waals surface area contributed by atoms with Crippen LogP contribution in [0.3, 0.4) is 0 Å². The third-order valence-corrected chi connectivity index (χ3v) is 4.00. The molecule has 100 valence electrons. The van der Waals surface area contributed by atoms with Crippen molar-refractivity contribution in [2.75, 3.05) is 6.54 Å². The fourth-order valence-corrected chi connectivity index (χ4v) is 2.88. The quantitative estimate of drug-likeness (QED) is 0.828. The molecule has 2 aromatic rings. The van der Waals surface area contributed by atoms with Crippen molar-refractivity contribution in [2.45, 2.75) is 38.6 Å². The second-order valence-corrected chi connectivity index (χ2v) is 5.67. The first-order chi connectivity index (χ1) is 9.16. The molecule has 1 aliphatic rings. The predicted octanol–water partition coefficient (Wildman–Crippen LogP) is 3.23. The van der Waals surface area contributed by atoms with Crippen molar-refractivity contribution in [2.24, 2.45) is 0 Å². The lowest BCUT2D eigenvalue weighted by Gasteiger charge is -2.10. The van der Waals surface area contributed by atoms with Crippen molar-refractivity contribution in [3.05, 3.63) is 35.5 Å². The van der Waals surface area contributed by atoms with Crippen LogP contribution in [0.2, 0.25) is 0 Å². The van der Waals surface area contributed by atoms with Gasteiger partial charge in [-0.3, -0.25) is 4.79 Å². The number of aromatic nitrogens is 1. The fourth-order valence-electron chi connectivity index (χ4n) is 2.88. The first kappa shape index (κ1) is 12.4. The van der Waals surface area contributed by atoms with E-state index < -0.39 is 0 Å². The summed E-state index contributed by atoms with van der Waals surface area (Å²) < 4.78 is 0. The maximum Gasteiger partial charge on any atom is 0.179 e. The van der Waals surface area contributed by atoms with Gasteiger partial charge in [-0.2, -0.15) is 0 Å². The van der Waals surface area contributed by atoms with Crippen LogP contribution in [0.4, 0.5) is 0 Å². The van der Waals surface area contributed by atoms with Crippen LogP contribution in [-0.4, -0.2) is 23.4 Å². The van der Waals surface area contributed by atoms with Crippen molar-refractivity contribution < 1.29 is 4.79 Å². The number of ketones is 1. The average molecular weight is 256 g/mol. The summed E-state index contributed by atoms with van der Waals surface area (Å²) in [6.45, 7) is 5.31. The van der Waals surface area contributed by atoms with Gasteiger partial charge >= 0.3 is 0 Å². The Balaban J connectivity index is 2.00. The SMILES string of the molecule is CC(C)c1c[nH]c2ccc(C(=O)C3CCCN3)cc12. The third-order valence-electron chi connectivity index (χ3n) is 4.00. The first-order valence-electron chi connectivity index (χ1n) is 7.05. The average Bonchev–Trinajstić information content (AvgIpc) is 3.06. The van der Waals surface area contributed by atoms with Crippen LogP contribution in [0.25, 0.3) is 10.9 Å². The maximum absolute atomic E-state index is 12.4. The molecule has 1 aromatic carbocycles. The molecule has 0 radical (unpaired) electrons. The van der Waals surface area contributed by atoms with E-state index in [2.05, 4.69) is 30.3 Å².